The quantitative estimate of drug-likeness (QED) is 0.280. The smallest absolute Gasteiger partial charge is 0.410 e. The van der Waals surface area contributed by atoms with E-state index in [2.05, 4.69) is 37.4 Å². The van der Waals surface area contributed by atoms with Gasteiger partial charge < -0.3 is 19.3 Å². The Labute approximate surface area is 252 Å². The second kappa shape index (κ2) is 11.4. The molecule has 5 heterocycles. The Morgan fingerprint density at radius 1 is 1.27 bits per heavy atom. The molecule has 3 aliphatic heterocycles. The Morgan fingerprint density at radius 2 is 2.02 bits per heavy atom. The van der Waals surface area contributed by atoms with Crippen molar-refractivity contribution < 1.29 is 23.0 Å². The number of anilines is 1. The van der Waals surface area contributed by atoms with E-state index in [9.17, 15) is 9.18 Å². The second-order valence-corrected chi connectivity index (χ2v) is 13.2. The third-order valence-electron chi connectivity index (χ3n) is 8.17. The van der Waals surface area contributed by atoms with Gasteiger partial charge in [-0.15, -0.1) is 6.58 Å². The monoisotopic (exact) mass is 656 g/mol. The fraction of sp³-hybridized carbons (Fsp3) is 0.643. The molecule has 1 amide bonds. The number of hydrogen-bond donors (Lipinski definition) is 0. The number of ether oxygens (including phenoxy) is 2. The van der Waals surface area contributed by atoms with Crippen LogP contribution < -0.4 is 9.64 Å². The van der Waals surface area contributed by atoms with E-state index < -0.39 is 29.2 Å². The first-order valence-corrected chi connectivity index (χ1v) is 15.2. The van der Waals surface area contributed by atoms with Gasteiger partial charge in [-0.3, -0.25) is 4.90 Å². The highest BCUT2D eigenvalue weighted by atomic mass is 79.9. The van der Waals surface area contributed by atoms with Crippen molar-refractivity contribution in [2.45, 2.75) is 82.8 Å². The highest BCUT2D eigenvalue weighted by Gasteiger charge is 2.49. The number of carbonyl (C=O) groups excluding carboxylic acids is 1. The minimum Gasteiger partial charge on any atom is -0.461 e. The molecule has 3 saturated heterocycles. The van der Waals surface area contributed by atoms with Gasteiger partial charge >= 0.3 is 12.1 Å². The maximum Gasteiger partial charge on any atom is 0.410 e. The summed E-state index contributed by atoms with van der Waals surface area (Å²) in [6, 6.07) is -0.632. The highest BCUT2D eigenvalue weighted by molar-refractivity contribution is 9.10. The van der Waals surface area contributed by atoms with E-state index in [0.29, 0.717) is 37.1 Å². The van der Waals surface area contributed by atoms with Crippen molar-refractivity contribution in [1.82, 2.24) is 24.8 Å². The van der Waals surface area contributed by atoms with Crippen molar-refractivity contribution in [3.05, 3.63) is 28.2 Å². The Hall–Kier alpha value is -2.31. The summed E-state index contributed by atoms with van der Waals surface area (Å²) in [7, 11) is 0. The number of amides is 1. The molecule has 0 saturated carbocycles. The number of alkyl halides is 1. The lowest BCUT2D eigenvalue weighted by Crippen LogP contribution is -2.60. The van der Waals surface area contributed by atoms with Crippen LogP contribution in [0.3, 0.4) is 0 Å². The molecule has 0 N–H and O–H groups in total. The first kappa shape index (κ1) is 30.2. The van der Waals surface area contributed by atoms with E-state index in [1.165, 1.54) is 0 Å². The predicted molar refractivity (Wildman–Crippen MR) is 157 cm³/mol. The summed E-state index contributed by atoms with van der Waals surface area (Å²) >= 11 is 9.54. The molecule has 0 radical (unpaired) electrons. The van der Waals surface area contributed by atoms with Crippen molar-refractivity contribution in [3.63, 3.8) is 0 Å². The predicted octanol–water partition coefficient (Wildman–Crippen LogP) is 5.93. The zero-order chi connectivity index (χ0) is 29.7. The summed E-state index contributed by atoms with van der Waals surface area (Å²) in [5.41, 5.74) is -1.12. The first-order valence-electron chi connectivity index (χ1n) is 14.0. The second-order valence-electron chi connectivity index (χ2n) is 12.1. The Morgan fingerprint density at radius 3 is 2.71 bits per heavy atom. The SMILES string of the molecule is C=C[C@@H]1CN(C(=O)OC(C)(C)C)[C@H](CC)CN1c1nc(OC[C@@]23CCCN2C[C@H](F)C3)nc2c(F)c(Cl)nc(Br)c12. The topological polar surface area (TPSA) is 83.9 Å². The largest absolute Gasteiger partial charge is 0.461 e. The zero-order valence-electron chi connectivity index (χ0n) is 23.8. The van der Waals surface area contributed by atoms with Crippen LogP contribution in [0.5, 0.6) is 6.01 Å². The molecular formula is C28H36BrClF2N6O3. The van der Waals surface area contributed by atoms with E-state index in [1.54, 1.807) is 11.0 Å². The van der Waals surface area contributed by atoms with Crippen LogP contribution in [0.25, 0.3) is 10.9 Å². The lowest BCUT2D eigenvalue weighted by Gasteiger charge is -2.46. The van der Waals surface area contributed by atoms with E-state index in [0.717, 1.165) is 19.4 Å². The standard InChI is InChI=1S/C28H36BrClF2N6O3/c1-6-17-14-38(26(39)41-27(3,4)5)18(7-2)13-37(17)24-19-21(20(32)23(30)34-22(19)29)33-25(35-24)40-15-28-9-8-10-36(28)12-16(31)11-28/h6,16-18H,1,7-15H2,2-5H3/t16-,17-,18-,28+/m1/s1. The summed E-state index contributed by atoms with van der Waals surface area (Å²) in [4.78, 5) is 32.2. The molecule has 41 heavy (non-hydrogen) atoms. The highest BCUT2D eigenvalue weighted by Crippen LogP contribution is 2.41. The molecule has 0 bridgehead atoms. The van der Waals surface area contributed by atoms with Crippen LogP contribution in [0.1, 0.15) is 53.4 Å². The minimum absolute atomic E-state index is 0.0328. The van der Waals surface area contributed by atoms with E-state index in [1.807, 2.05) is 32.6 Å². The van der Waals surface area contributed by atoms with Crippen LogP contribution in [0.4, 0.5) is 19.4 Å². The lowest BCUT2D eigenvalue weighted by molar-refractivity contribution is 0.0115. The van der Waals surface area contributed by atoms with Gasteiger partial charge in [0, 0.05) is 26.1 Å². The van der Waals surface area contributed by atoms with Crippen LogP contribution in [0.15, 0.2) is 17.3 Å². The van der Waals surface area contributed by atoms with Gasteiger partial charge in [0.15, 0.2) is 11.0 Å². The number of carbonyl (C=O) groups is 1. The van der Waals surface area contributed by atoms with Gasteiger partial charge in [0.1, 0.15) is 34.3 Å². The van der Waals surface area contributed by atoms with E-state index >= 15 is 4.39 Å². The average molecular weight is 658 g/mol. The molecule has 13 heteroatoms. The van der Waals surface area contributed by atoms with Crippen molar-refractivity contribution in [3.8, 4) is 6.01 Å². The van der Waals surface area contributed by atoms with Gasteiger partial charge in [0.25, 0.3) is 0 Å². The minimum atomic E-state index is -0.911. The van der Waals surface area contributed by atoms with Crippen LogP contribution in [-0.2, 0) is 4.74 Å². The average Bonchev–Trinajstić information content (AvgIpc) is 3.43. The molecular weight excluding hydrogens is 622 g/mol. The fourth-order valence-corrected chi connectivity index (χ4v) is 7.05. The van der Waals surface area contributed by atoms with Gasteiger partial charge in [0.05, 0.1) is 23.0 Å². The van der Waals surface area contributed by atoms with Crippen LogP contribution in [-0.4, -0.2) is 93.0 Å². The third kappa shape index (κ3) is 5.84. The zero-order valence-corrected chi connectivity index (χ0v) is 26.1. The van der Waals surface area contributed by atoms with E-state index in [-0.39, 0.29) is 46.5 Å². The van der Waals surface area contributed by atoms with Crippen molar-refractivity contribution in [2.75, 3.05) is 37.7 Å². The number of halogens is 4. The number of rotatable bonds is 6. The molecule has 0 aliphatic carbocycles. The van der Waals surface area contributed by atoms with Crippen molar-refractivity contribution in [2.24, 2.45) is 0 Å². The van der Waals surface area contributed by atoms with Gasteiger partial charge in [-0.05, 0) is 62.5 Å². The molecule has 3 fully saturated rings. The molecule has 224 valence electrons. The van der Waals surface area contributed by atoms with E-state index in [4.69, 9.17) is 26.1 Å². The Balaban J connectivity index is 1.53. The number of nitrogens with zero attached hydrogens (tertiary/aromatic N) is 6. The maximum absolute atomic E-state index is 15.4. The summed E-state index contributed by atoms with van der Waals surface area (Å²) in [6.07, 6.45) is 3.21. The molecule has 0 unspecified atom stereocenters. The van der Waals surface area contributed by atoms with Crippen molar-refractivity contribution >= 4 is 50.3 Å². The lowest BCUT2D eigenvalue weighted by atomic mass is 9.95. The van der Waals surface area contributed by atoms with Crippen LogP contribution >= 0.6 is 27.5 Å². The molecule has 5 rings (SSSR count). The maximum atomic E-state index is 15.4. The molecule has 0 spiro atoms. The summed E-state index contributed by atoms with van der Waals surface area (Å²) in [5, 5.41) is -0.00457. The number of aromatic nitrogens is 3. The summed E-state index contributed by atoms with van der Waals surface area (Å²) < 4.78 is 41.9. The summed E-state index contributed by atoms with van der Waals surface area (Å²) in [5.74, 6) is -0.416. The first-order chi connectivity index (χ1) is 19.4. The molecule has 2 aromatic heterocycles. The number of fused-ring (bicyclic) bond motifs is 2. The van der Waals surface area contributed by atoms with Crippen molar-refractivity contribution in [1.29, 1.82) is 0 Å². The van der Waals surface area contributed by atoms with Gasteiger partial charge in [-0.25, -0.2) is 18.6 Å². The van der Waals surface area contributed by atoms with Gasteiger partial charge in [0.2, 0.25) is 0 Å². The van der Waals surface area contributed by atoms with Gasteiger partial charge in [-0.1, -0.05) is 24.6 Å². The fourth-order valence-electron chi connectivity index (χ4n) is 6.24. The number of hydrogen-bond acceptors (Lipinski definition) is 8. The molecule has 0 aromatic carbocycles. The third-order valence-corrected chi connectivity index (χ3v) is 8.99. The summed E-state index contributed by atoms with van der Waals surface area (Å²) in [6.45, 7) is 13.5. The van der Waals surface area contributed by atoms with Gasteiger partial charge in [-0.2, -0.15) is 9.97 Å². The number of piperazine rings is 1. The molecule has 9 nitrogen and oxygen atoms in total. The van der Waals surface area contributed by atoms with Crippen LogP contribution in [0.2, 0.25) is 5.15 Å². The molecule has 2 aromatic rings. The van der Waals surface area contributed by atoms with Crippen LogP contribution in [0, 0.1) is 5.82 Å². The number of pyridine rings is 1. The Bertz CT molecular complexity index is 1350. The molecule has 4 atom stereocenters. The Kier molecular flexibility index (Phi) is 8.39. The normalized spacial score (nSPS) is 26.9. The molecule has 3 aliphatic rings.